The Morgan fingerprint density at radius 3 is 2.33 bits per heavy atom. The van der Waals surface area contributed by atoms with Gasteiger partial charge in [0.2, 0.25) is 12.3 Å². The molecule has 2 aromatic rings. The minimum Gasteiger partial charge on any atom is -1.00 e. The number of hydrogen-bond acceptors (Lipinski definition) is 3. The van der Waals surface area contributed by atoms with E-state index >= 15 is 0 Å². The Morgan fingerprint density at radius 1 is 1.10 bits per heavy atom. The number of carbonyl (C=O) groups excluding carboxylic acids is 1. The van der Waals surface area contributed by atoms with E-state index in [0.29, 0.717) is 17.1 Å². The number of aromatic nitrogens is 1. The summed E-state index contributed by atoms with van der Waals surface area (Å²) < 4.78 is 12.2. The van der Waals surface area contributed by atoms with Crippen molar-refractivity contribution in [3.8, 4) is 11.5 Å². The largest absolute Gasteiger partial charge is 1.00 e. The van der Waals surface area contributed by atoms with Crippen molar-refractivity contribution in [2.24, 2.45) is 0 Å². The van der Waals surface area contributed by atoms with Crippen LogP contribution in [0.4, 0.5) is 0 Å². The monoisotopic (exact) mass is 351 g/mol. The van der Waals surface area contributed by atoms with Crippen molar-refractivity contribution in [3.63, 3.8) is 0 Å². The highest BCUT2D eigenvalue weighted by atomic mass is 79.9. The number of rotatable bonds is 5. The number of nitrogens with zero attached hydrogens (tertiary/aromatic N) is 1. The number of methoxy groups -OCH3 is 2. The Morgan fingerprint density at radius 2 is 1.76 bits per heavy atom. The highest BCUT2D eigenvalue weighted by Crippen LogP contribution is 2.24. The van der Waals surface area contributed by atoms with Gasteiger partial charge in [-0.2, -0.15) is 4.57 Å². The van der Waals surface area contributed by atoms with Crippen LogP contribution >= 0.6 is 0 Å². The molecule has 0 saturated carbocycles. The maximum atomic E-state index is 12.3. The quantitative estimate of drug-likeness (QED) is 0.522. The van der Waals surface area contributed by atoms with Crippen LogP contribution in [-0.2, 0) is 6.54 Å². The number of aryl methyl sites for hydroxylation is 1. The molecular weight excluding hydrogens is 334 g/mol. The molecule has 5 heteroatoms. The first-order valence-electron chi connectivity index (χ1n) is 6.35. The fraction of sp³-hybridized carbons (Fsp3) is 0.250. The molecule has 2 rings (SSSR count). The van der Waals surface area contributed by atoms with E-state index in [4.69, 9.17) is 9.47 Å². The summed E-state index contributed by atoms with van der Waals surface area (Å²) in [6.45, 7) is 2.29. The van der Waals surface area contributed by atoms with Crippen LogP contribution in [0, 0.1) is 6.92 Å². The molecule has 0 aliphatic heterocycles. The smallest absolute Gasteiger partial charge is 0.231 e. The van der Waals surface area contributed by atoms with Gasteiger partial charge in [0.05, 0.1) is 19.8 Å². The number of ether oxygens (including phenoxy) is 2. The lowest BCUT2D eigenvalue weighted by molar-refractivity contribution is -0.683. The fourth-order valence-electron chi connectivity index (χ4n) is 1.92. The molecule has 0 N–H and O–H groups in total. The van der Waals surface area contributed by atoms with Gasteiger partial charge in [0.15, 0.2) is 12.4 Å². The molecule has 0 aliphatic carbocycles. The summed E-state index contributed by atoms with van der Waals surface area (Å²) in [5, 5.41) is 0. The molecule has 0 spiro atoms. The van der Waals surface area contributed by atoms with E-state index in [9.17, 15) is 4.79 Å². The first-order chi connectivity index (χ1) is 9.63. The van der Waals surface area contributed by atoms with Gasteiger partial charge >= 0.3 is 0 Å². The molecular formula is C16H18BrNO3. The Hall–Kier alpha value is -1.88. The SMILES string of the molecule is COc1ccc(C(=O)C[n+]2ccc(C)cc2)c(OC)c1.[Br-]. The molecule has 21 heavy (non-hydrogen) atoms. The lowest BCUT2D eigenvalue weighted by Gasteiger charge is -2.08. The summed E-state index contributed by atoms with van der Waals surface area (Å²) in [5.41, 5.74) is 1.72. The van der Waals surface area contributed by atoms with Gasteiger partial charge in [0.1, 0.15) is 11.5 Å². The summed E-state index contributed by atoms with van der Waals surface area (Å²) in [7, 11) is 3.13. The average Bonchev–Trinajstić information content (AvgIpc) is 2.48. The van der Waals surface area contributed by atoms with Crippen molar-refractivity contribution in [3.05, 3.63) is 53.9 Å². The van der Waals surface area contributed by atoms with E-state index in [1.54, 1.807) is 32.4 Å². The van der Waals surface area contributed by atoms with Gasteiger partial charge < -0.3 is 26.5 Å². The maximum Gasteiger partial charge on any atom is 0.231 e. The summed E-state index contributed by atoms with van der Waals surface area (Å²) in [4.78, 5) is 12.3. The van der Waals surface area contributed by atoms with Crippen molar-refractivity contribution >= 4 is 5.78 Å². The van der Waals surface area contributed by atoms with E-state index in [0.717, 1.165) is 5.56 Å². The Bertz CT molecular complexity index is 611. The summed E-state index contributed by atoms with van der Waals surface area (Å²) in [6, 6.07) is 9.15. The number of ketones is 1. The summed E-state index contributed by atoms with van der Waals surface area (Å²) in [5.74, 6) is 1.20. The van der Waals surface area contributed by atoms with Crippen molar-refractivity contribution in [2.75, 3.05) is 14.2 Å². The second-order valence-corrected chi connectivity index (χ2v) is 4.54. The van der Waals surface area contributed by atoms with Gasteiger partial charge in [-0.05, 0) is 24.6 Å². The average molecular weight is 352 g/mol. The van der Waals surface area contributed by atoms with Crippen molar-refractivity contribution < 1.29 is 35.8 Å². The van der Waals surface area contributed by atoms with Crippen LogP contribution in [0.2, 0.25) is 0 Å². The van der Waals surface area contributed by atoms with Crippen LogP contribution in [0.1, 0.15) is 15.9 Å². The number of hydrogen-bond donors (Lipinski definition) is 0. The molecule has 0 bridgehead atoms. The van der Waals surface area contributed by atoms with Gasteiger partial charge in [-0.1, -0.05) is 0 Å². The minimum absolute atomic E-state index is 0. The number of Topliss-reactive ketones (excluding diaryl/α,β-unsaturated/α-hetero) is 1. The second-order valence-electron chi connectivity index (χ2n) is 4.54. The van der Waals surface area contributed by atoms with E-state index < -0.39 is 0 Å². The molecule has 1 aromatic carbocycles. The van der Waals surface area contributed by atoms with Crippen LogP contribution in [0.3, 0.4) is 0 Å². The second kappa shape index (κ2) is 7.78. The van der Waals surface area contributed by atoms with Crippen molar-refractivity contribution in [2.45, 2.75) is 13.5 Å². The zero-order valence-electron chi connectivity index (χ0n) is 12.3. The third-order valence-electron chi connectivity index (χ3n) is 3.09. The molecule has 1 heterocycles. The van der Waals surface area contributed by atoms with Gasteiger partial charge in [0, 0.05) is 18.2 Å². The number of halogens is 1. The highest BCUT2D eigenvalue weighted by Gasteiger charge is 2.17. The van der Waals surface area contributed by atoms with Gasteiger partial charge in [0.25, 0.3) is 0 Å². The van der Waals surface area contributed by atoms with E-state index in [2.05, 4.69) is 0 Å². The van der Waals surface area contributed by atoms with Crippen molar-refractivity contribution in [1.29, 1.82) is 0 Å². The zero-order chi connectivity index (χ0) is 14.5. The predicted octanol–water partition coefficient (Wildman–Crippen LogP) is -0.813. The predicted molar refractivity (Wildman–Crippen MR) is 75.3 cm³/mol. The molecule has 112 valence electrons. The zero-order valence-corrected chi connectivity index (χ0v) is 13.9. The molecule has 0 amide bonds. The van der Waals surface area contributed by atoms with Crippen LogP contribution < -0.4 is 31.0 Å². The van der Waals surface area contributed by atoms with Crippen LogP contribution in [0.25, 0.3) is 0 Å². The van der Waals surface area contributed by atoms with Gasteiger partial charge in [-0.3, -0.25) is 4.79 Å². The van der Waals surface area contributed by atoms with Crippen LogP contribution in [-0.4, -0.2) is 20.0 Å². The van der Waals surface area contributed by atoms with Crippen LogP contribution in [0.15, 0.2) is 42.7 Å². The van der Waals surface area contributed by atoms with Crippen LogP contribution in [0.5, 0.6) is 11.5 Å². The number of pyridine rings is 1. The first kappa shape index (κ1) is 17.2. The van der Waals surface area contributed by atoms with Gasteiger partial charge in [-0.15, -0.1) is 0 Å². The lowest BCUT2D eigenvalue weighted by Crippen LogP contribution is -3.00. The molecule has 0 fully saturated rings. The molecule has 0 aliphatic rings. The van der Waals surface area contributed by atoms with E-state index in [-0.39, 0.29) is 29.3 Å². The number of carbonyl (C=O) groups is 1. The standard InChI is InChI=1S/C16H18NO3.BrH/c1-12-6-8-17(9-7-12)11-15(18)14-5-4-13(19-2)10-16(14)20-3;/h4-10H,11H2,1-3H3;1H/q+1;/p-1. The third kappa shape index (κ3) is 4.29. The molecule has 0 saturated heterocycles. The highest BCUT2D eigenvalue weighted by molar-refractivity contribution is 5.97. The lowest BCUT2D eigenvalue weighted by atomic mass is 10.1. The molecule has 0 unspecified atom stereocenters. The molecule has 1 aromatic heterocycles. The Labute approximate surface area is 135 Å². The van der Waals surface area contributed by atoms with Crippen molar-refractivity contribution in [1.82, 2.24) is 0 Å². The first-order valence-corrected chi connectivity index (χ1v) is 6.35. The number of benzene rings is 1. The summed E-state index contributed by atoms with van der Waals surface area (Å²) >= 11 is 0. The fourth-order valence-corrected chi connectivity index (χ4v) is 1.92. The van der Waals surface area contributed by atoms with E-state index in [1.807, 2.05) is 36.0 Å². The van der Waals surface area contributed by atoms with E-state index in [1.165, 1.54) is 0 Å². The molecule has 4 nitrogen and oxygen atoms in total. The topological polar surface area (TPSA) is 39.4 Å². The third-order valence-corrected chi connectivity index (χ3v) is 3.09. The Kier molecular flexibility index (Phi) is 6.37. The Balaban J connectivity index is 0.00000220. The minimum atomic E-state index is -0.00152. The van der Waals surface area contributed by atoms with Gasteiger partial charge in [-0.25, -0.2) is 0 Å². The normalized spacial score (nSPS) is 9.67. The molecule has 0 radical (unpaired) electrons. The molecule has 0 atom stereocenters. The summed E-state index contributed by atoms with van der Waals surface area (Å²) in [6.07, 6.45) is 3.78. The maximum absolute atomic E-state index is 12.3.